The monoisotopic (exact) mass is 400 g/mol. The zero-order valence-electron chi connectivity index (χ0n) is 15.9. The van der Waals surface area contributed by atoms with Gasteiger partial charge in [-0.05, 0) is 35.7 Å². The van der Waals surface area contributed by atoms with Crippen molar-refractivity contribution in [2.45, 2.75) is 33.0 Å². The van der Waals surface area contributed by atoms with Crippen molar-refractivity contribution in [3.05, 3.63) is 76.0 Å². The highest BCUT2D eigenvalue weighted by Gasteiger charge is 2.30. The van der Waals surface area contributed by atoms with Gasteiger partial charge in [0.15, 0.2) is 11.5 Å². The maximum atomic E-state index is 13.1. The molecule has 0 unspecified atom stereocenters. The summed E-state index contributed by atoms with van der Waals surface area (Å²) in [5, 5.41) is 5.08. The number of aromatic nitrogens is 4. The van der Waals surface area contributed by atoms with Gasteiger partial charge in [0.05, 0.1) is 17.6 Å². The maximum absolute atomic E-state index is 13.1. The molecule has 0 atom stereocenters. The summed E-state index contributed by atoms with van der Waals surface area (Å²) in [5.41, 5.74) is 0.272. The first-order valence-electron chi connectivity index (χ1n) is 9.27. The highest BCUT2D eigenvalue weighted by atomic mass is 19.4. The van der Waals surface area contributed by atoms with Gasteiger partial charge >= 0.3 is 11.9 Å². The van der Waals surface area contributed by atoms with Gasteiger partial charge in [-0.15, -0.1) is 5.10 Å². The van der Waals surface area contributed by atoms with Gasteiger partial charge < -0.3 is 0 Å². The first-order chi connectivity index (χ1) is 13.7. The van der Waals surface area contributed by atoms with Crippen LogP contribution in [0.4, 0.5) is 13.2 Å². The molecule has 0 amide bonds. The highest BCUT2D eigenvalue weighted by molar-refractivity contribution is 5.91. The van der Waals surface area contributed by atoms with E-state index in [1.54, 1.807) is 18.2 Å². The van der Waals surface area contributed by atoms with E-state index in [9.17, 15) is 18.0 Å². The van der Waals surface area contributed by atoms with Crippen molar-refractivity contribution in [2.24, 2.45) is 5.92 Å². The lowest BCUT2D eigenvalue weighted by atomic mass is 10.1. The summed E-state index contributed by atoms with van der Waals surface area (Å²) in [6.07, 6.45) is -3.81. The van der Waals surface area contributed by atoms with E-state index in [0.29, 0.717) is 34.9 Å². The van der Waals surface area contributed by atoms with Crippen LogP contribution >= 0.6 is 0 Å². The number of hydrogen-bond acceptors (Lipinski definition) is 3. The summed E-state index contributed by atoms with van der Waals surface area (Å²) < 4.78 is 41.9. The SMILES string of the molecule is CC(C)Cc1nc2c3ccccc3n(Cc3cccc(C(F)(F)F)c3)c(=O)n2n1. The van der Waals surface area contributed by atoms with Crippen LogP contribution in [0, 0.1) is 5.92 Å². The number of halogens is 3. The largest absolute Gasteiger partial charge is 0.416 e. The topological polar surface area (TPSA) is 52.2 Å². The Morgan fingerprint density at radius 1 is 1.07 bits per heavy atom. The van der Waals surface area contributed by atoms with Crippen molar-refractivity contribution >= 4 is 16.6 Å². The lowest BCUT2D eigenvalue weighted by Gasteiger charge is -2.13. The number of fused-ring (bicyclic) bond motifs is 3. The van der Waals surface area contributed by atoms with E-state index < -0.39 is 17.4 Å². The molecular formula is C21H19F3N4O. The smallest absolute Gasteiger partial charge is 0.287 e. The summed E-state index contributed by atoms with van der Waals surface area (Å²) in [4.78, 5) is 17.7. The van der Waals surface area contributed by atoms with Gasteiger partial charge in [0.1, 0.15) is 0 Å². The Hall–Kier alpha value is -3.16. The Labute approximate surface area is 164 Å². The molecule has 4 aromatic rings. The van der Waals surface area contributed by atoms with E-state index in [1.165, 1.54) is 15.1 Å². The molecule has 0 aliphatic carbocycles. The maximum Gasteiger partial charge on any atom is 0.416 e. The highest BCUT2D eigenvalue weighted by Crippen LogP contribution is 2.30. The molecule has 5 nitrogen and oxygen atoms in total. The zero-order chi connectivity index (χ0) is 20.8. The van der Waals surface area contributed by atoms with Crippen LogP contribution in [0.5, 0.6) is 0 Å². The van der Waals surface area contributed by atoms with Gasteiger partial charge in [0, 0.05) is 11.8 Å². The number of nitrogens with zero attached hydrogens (tertiary/aromatic N) is 4. The van der Waals surface area contributed by atoms with Crippen LogP contribution in [-0.2, 0) is 19.1 Å². The average molecular weight is 400 g/mol. The van der Waals surface area contributed by atoms with E-state index >= 15 is 0 Å². The van der Waals surface area contributed by atoms with Crippen molar-refractivity contribution in [2.75, 3.05) is 0 Å². The van der Waals surface area contributed by atoms with E-state index in [2.05, 4.69) is 10.1 Å². The van der Waals surface area contributed by atoms with Gasteiger partial charge in [0.2, 0.25) is 0 Å². The van der Waals surface area contributed by atoms with E-state index in [1.807, 2.05) is 26.0 Å². The molecule has 0 fully saturated rings. The number of hydrogen-bond donors (Lipinski definition) is 0. The van der Waals surface area contributed by atoms with E-state index in [4.69, 9.17) is 0 Å². The zero-order valence-corrected chi connectivity index (χ0v) is 15.9. The number of rotatable bonds is 4. The molecule has 8 heteroatoms. The van der Waals surface area contributed by atoms with Gasteiger partial charge in [-0.1, -0.05) is 38.1 Å². The molecule has 2 aromatic carbocycles. The second-order valence-electron chi connectivity index (χ2n) is 7.45. The summed E-state index contributed by atoms with van der Waals surface area (Å²) in [6.45, 7) is 4.07. The minimum Gasteiger partial charge on any atom is -0.287 e. The summed E-state index contributed by atoms with van der Waals surface area (Å²) in [7, 11) is 0. The minimum absolute atomic E-state index is 0.00141. The predicted molar refractivity (Wildman–Crippen MR) is 104 cm³/mol. The summed E-state index contributed by atoms with van der Waals surface area (Å²) in [5.74, 6) is 0.894. The second kappa shape index (κ2) is 7.02. The van der Waals surface area contributed by atoms with Gasteiger partial charge in [-0.25, -0.2) is 9.78 Å². The number of alkyl halides is 3. The van der Waals surface area contributed by atoms with Crippen LogP contribution in [-0.4, -0.2) is 19.2 Å². The fourth-order valence-electron chi connectivity index (χ4n) is 3.41. The molecule has 0 N–H and O–H groups in total. The predicted octanol–water partition coefficient (Wildman–Crippen LogP) is 4.31. The normalized spacial score (nSPS) is 12.3. The van der Waals surface area contributed by atoms with Crippen LogP contribution in [0.1, 0.15) is 30.8 Å². The molecule has 4 rings (SSSR count). The summed E-state index contributed by atoms with van der Waals surface area (Å²) in [6, 6.07) is 12.2. The van der Waals surface area contributed by atoms with Crippen LogP contribution in [0.25, 0.3) is 16.6 Å². The molecule has 0 saturated carbocycles. The molecule has 29 heavy (non-hydrogen) atoms. The van der Waals surface area contributed by atoms with Crippen LogP contribution in [0.2, 0.25) is 0 Å². The average Bonchev–Trinajstić information content (AvgIpc) is 3.08. The molecule has 0 radical (unpaired) electrons. The molecule has 0 spiro atoms. The Kier molecular flexibility index (Phi) is 4.64. The third-order valence-corrected chi connectivity index (χ3v) is 4.68. The van der Waals surface area contributed by atoms with Crippen LogP contribution in [0.15, 0.2) is 53.3 Å². The molecule has 0 saturated heterocycles. The standard InChI is InChI=1S/C21H19F3N4O/c1-13(2)10-18-25-19-16-8-3-4-9-17(16)27(20(29)28(19)26-18)12-14-6-5-7-15(11-14)21(22,23)24/h3-9,11,13H,10,12H2,1-2H3. The quantitative estimate of drug-likeness (QED) is 0.513. The first kappa shape index (κ1) is 19.2. The van der Waals surface area contributed by atoms with Crippen molar-refractivity contribution in [1.82, 2.24) is 19.2 Å². The molecule has 0 bridgehead atoms. The second-order valence-corrected chi connectivity index (χ2v) is 7.45. The fraction of sp³-hybridized carbons (Fsp3) is 0.286. The molecule has 2 aromatic heterocycles. The molecule has 0 aliphatic heterocycles. The third-order valence-electron chi connectivity index (χ3n) is 4.68. The Bertz CT molecular complexity index is 1250. The van der Waals surface area contributed by atoms with Crippen molar-refractivity contribution in [3.8, 4) is 0 Å². The Morgan fingerprint density at radius 2 is 1.83 bits per heavy atom. The van der Waals surface area contributed by atoms with Gasteiger partial charge in [0.25, 0.3) is 0 Å². The first-order valence-corrected chi connectivity index (χ1v) is 9.27. The van der Waals surface area contributed by atoms with Crippen molar-refractivity contribution < 1.29 is 13.2 Å². The Balaban J connectivity index is 1.90. The third kappa shape index (κ3) is 3.62. The fourth-order valence-corrected chi connectivity index (χ4v) is 3.41. The molecule has 2 heterocycles. The van der Waals surface area contributed by atoms with Gasteiger partial charge in [-0.3, -0.25) is 4.57 Å². The molecule has 0 aliphatic rings. The van der Waals surface area contributed by atoms with E-state index in [0.717, 1.165) is 17.5 Å². The summed E-state index contributed by atoms with van der Waals surface area (Å²) >= 11 is 0. The van der Waals surface area contributed by atoms with Crippen molar-refractivity contribution in [1.29, 1.82) is 0 Å². The lowest BCUT2D eigenvalue weighted by Crippen LogP contribution is -2.28. The number of benzene rings is 2. The minimum atomic E-state index is -4.44. The van der Waals surface area contributed by atoms with Crippen LogP contribution < -0.4 is 5.69 Å². The van der Waals surface area contributed by atoms with Crippen LogP contribution in [0.3, 0.4) is 0 Å². The lowest BCUT2D eigenvalue weighted by molar-refractivity contribution is -0.137. The van der Waals surface area contributed by atoms with E-state index in [-0.39, 0.29) is 6.54 Å². The number of para-hydroxylation sites is 1. The Morgan fingerprint density at radius 3 is 2.55 bits per heavy atom. The van der Waals surface area contributed by atoms with Gasteiger partial charge in [-0.2, -0.15) is 17.7 Å². The molecular weight excluding hydrogens is 381 g/mol. The molecule has 150 valence electrons. The van der Waals surface area contributed by atoms with Crippen molar-refractivity contribution in [3.63, 3.8) is 0 Å².